The van der Waals surface area contributed by atoms with Crippen LogP contribution in [0.3, 0.4) is 0 Å². The smallest absolute Gasteiger partial charge is 0.251 e. The van der Waals surface area contributed by atoms with E-state index in [1.54, 1.807) is 0 Å². The van der Waals surface area contributed by atoms with E-state index in [-0.39, 0.29) is 18.1 Å². The lowest BCUT2D eigenvalue weighted by Crippen LogP contribution is -2.38. The Bertz CT molecular complexity index is 409. The average molecular weight is 262 g/mol. The van der Waals surface area contributed by atoms with Crippen molar-refractivity contribution in [2.45, 2.75) is 44.2 Å². The van der Waals surface area contributed by atoms with Gasteiger partial charge in [-0.3, -0.25) is 4.79 Å². The second-order valence-corrected chi connectivity index (χ2v) is 5.21. The predicted octanol–water partition coefficient (Wildman–Crippen LogP) is 1.22. The third kappa shape index (κ3) is 4.04. The van der Waals surface area contributed by atoms with Crippen LogP contribution in [-0.2, 0) is 6.42 Å². The van der Waals surface area contributed by atoms with Crippen LogP contribution < -0.4 is 11.1 Å². The van der Waals surface area contributed by atoms with E-state index < -0.39 is 0 Å². The molecule has 1 aliphatic rings. The molecule has 4 N–H and O–H groups in total. The third-order valence-corrected chi connectivity index (χ3v) is 3.68. The van der Waals surface area contributed by atoms with E-state index in [9.17, 15) is 9.90 Å². The van der Waals surface area contributed by atoms with Crippen LogP contribution in [0, 0.1) is 0 Å². The van der Waals surface area contributed by atoms with E-state index in [1.807, 2.05) is 24.3 Å². The van der Waals surface area contributed by atoms with Gasteiger partial charge < -0.3 is 16.2 Å². The minimum absolute atomic E-state index is 0.0271. The number of carbonyl (C=O) groups is 1. The largest absolute Gasteiger partial charge is 0.393 e. The Balaban J connectivity index is 1.88. The Morgan fingerprint density at radius 1 is 1.21 bits per heavy atom. The van der Waals surface area contributed by atoms with Gasteiger partial charge in [-0.05, 0) is 56.3 Å². The van der Waals surface area contributed by atoms with E-state index >= 15 is 0 Å². The first kappa shape index (κ1) is 14.0. The van der Waals surface area contributed by atoms with Crippen molar-refractivity contribution in [3.05, 3.63) is 35.4 Å². The topological polar surface area (TPSA) is 75.4 Å². The molecule has 0 aliphatic heterocycles. The quantitative estimate of drug-likeness (QED) is 0.763. The van der Waals surface area contributed by atoms with Gasteiger partial charge in [-0.1, -0.05) is 12.1 Å². The number of hydrogen-bond donors (Lipinski definition) is 3. The average Bonchev–Trinajstić information content (AvgIpc) is 2.42. The molecule has 104 valence electrons. The summed E-state index contributed by atoms with van der Waals surface area (Å²) in [4.78, 5) is 12.1. The molecule has 1 saturated carbocycles. The number of aliphatic hydroxyl groups excluding tert-OH is 1. The second kappa shape index (κ2) is 6.68. The van der Waals surface area contributed by atoms with Crippen molar-refractivity contribution in [3.8, 4) is 0 Å². The maximum Gasteiger partial charge on any atom is 0.251 e. The van der Waals surface area contributed by atoms with Gasteiger partial charge in [0.2, 0.25) is 0 Å². The van der Waals surface area contributed by atoms with Gasteiger partial charge in [0.15, 0.2) is 0 Å². The summed E-state index contributed by atoms with van der Waals surface area (Å²) in [5, 5.41) is 12.5. The first-order valence-electron chi connectivity index (χ1n) is 6.97. The normalized spacial score (nSPS) is 23.1. The second-order valence-electron chi connectivity index (χ2n) is 5.21. The van der Waals surface area contributed by atoms with Gasteiger partial charge in [0.05, 0.1) is 6.10 Å². The lowest BCUT2D eigenvalue weighted by Gasteiger charge is -2.26. The Labute approximate surface area is 114 Å². The van der Waals surface area contributed by atoms with Gasteiger partial charge >= 0.3 is 0 Å². The number of nitrogens with two attached hydrogens (primary N) is 1. The first-order valence-corrected chi connectivity index (χ1v) is 6.97. The Morgan fingerprint density at radius 3 is 2.42 bits per heavy atom. The number of benzene rings is 1. The number of nitrogens with one attached hydrogen (secondary N) is 1. The van der Waals surface area contributed by atoms with Crippen LogP contribution in [0.1, 0.15) is 41.6 Å². The predicted molar refractivity (Wildman–Crippen MR) is 74.9 cm³/mol. The maximum absolute atomic E-state index is 12.1. The van der Waals surface area contributed by atoms with Crippen molar-refractivity contribution < 1.29 is 9.90 Å². The molecule has 1 amide bonds. The van der Waals surface area contributed by atoms with E-state index in [0.717, 1.165) is 37.7 Å². The number of aliphatic hydroxyl groups is 1. The summed E-state index contributed by atoms with van der Waals surface area (Å²) in [6.45, 7) is 0.621. The molecule has 4 nitrogen and oxygen atoms in total. The molecule has 4 heteroatoms. The van der Waals surface area contributed by atoms with Crippen LogP contribution in [0.4, 0.5) is 0 Å². The molecule has 19 heavy (non-hydrogen) atoms. The van der Waals surface area contributed by atoms with Gasteiger partial charge in [0.1, 0.15) is 0 Å². The highest BCUT2D eigenvalue weighted by Gasteiger charge is 2.21. The van der Waals surface area contributed by atoms with E-state index in [0.29, 0.717) is 12.1 Å². The maximum atomic E-state index is 12.1. The molecule has 0 unspecified atom stereocenters. The highest BCUT2D eigenvalue weighted by molar-refractivity contribution is 5.94. The molecule has 0 spiro atoms. The van der Waals surface area contributed by atoms with Crippen LogP contribution >= 0.6 is 0 Å². The van der Waals surface area contributed by atoms with Crippen molar-refractivity contribution >= 4 is 5.91 Å². The van der Waals surface area contributed by atoms with Gasteiger partial charge in [0.25, 0.3) is 5.91 Å². The van der Waals surface area contributed by atoms with Crippen molar-refractivity contribution in [2.75, 3.05) is 6.54 Å². The monoisotopic (exact) mass is 262 g/mol. The number of amides is 1. The highest BCUT2D eigenvalue weighted by atomic mass is 16.3. The van der Waals surface area contributed by atoms with E-state index in [4.69, 9.17) is 5.73 Å². The molecule has 1 fully saturated rings. The summed E-state index contributed by atoms with van der Waals surface area (Å²) in [5.41, 5.74) is 7.33. The molecule has 0 atom stereocenters. The molecule has 0 heterocycles. The lowest BCUT2D eigenvalue weighted by atomic mass is 9.93. The Hall–Kier alpha value is -1.39. The molecule has 0 bridgehead atoms. The zero-order valence-corrected chi connectivity index (χ0v) is 11.1. The van der Waals surface area contributed by atoms with Crippen LogP contribution in [0.15, 0.2) is 24.3 Å². The fraction of sp³-hybridized carbons (Fsp3) is 0.533. The van der Waals surface area contributed by atoms with E-state index in [2.05, 4.69) is 5.32 Å². The zero-order valence-electron chi connectivity index (χ0n) is 11.1. The van der Waals surface area contributed by atoms with Crippen molar-refractivity contribution in [1.29, 1.82) is 0 Å². The number of hydrogen-bond acceptors (Lipinski definition) is 3. The molecule has 0 radical (unpaired) electrons. The number of rotatable bonds is 4. The van der Waals surface area contributed by atoms with E-state index in [1.165, 1.54) is 0 Å². The Kier molecular flexibility index (Phi) is 4.93. The van der Waals surface area contributed by atoms with Gasteiger partial charge in [0, 0.05) is 11.6 Å². The molecule has 0 saturated heterocycles. The standard InChI is InChI=1S/C15H22N2O2/c16-10-9-11-1-3-12(4-2-11)15(19)17-13-5-7-14(18)8-6-13/h1-4,13-14,18H,5-10,16H2,(H,17,19). The third-order valence-electron chi connectivity index (χ3n) is 3.68. The van der Waals surface area contributed by atoms with Crippen LogP contribution in [0.5, 0.6) is 0 Å². The SMILES string of the molecule is NCCc1ccc(C(=O)NC2CCC(O)CC2)cc1. The summed E-state index contributed by atoms with van der Waals surface area (Å²) in [5.74, 6) is -0.0271. The fourth-order valence-electron chi connectivity index (χ4n) is 2.48. The van der Waals surface area contributed by atoms with Gasteiger partial charge in [-0.2, -0.15) is 0 Å². The molecule has 1 aromatic rings. The molecular weight excluding hydrogens is 240 g/mol. The minimum atomic E-state index is -0.191. The highest BCUT2D eigenvalue weighted by Crippen LogP contribution is 2.18. The molecular formula is C15H22N2O2. The summed E-state index contributed by atoms with van der Waals surface area (Å²) in [6.07, 6.45) is 3.92. The molecule has 2 rings (SSSR count). The minimum Gasteiger partial charge on any atom is -0.393 e. The zero-order chi connectivity index (χ0) is 13.7. The summed E-state index contributed by atoms with van der Waals surface area (Å²) in [7, 11) is 0. The molecule has 1 aliphatic carbocycles. The summed E-state index contributed by atoms with van der Waals surface area (Å²) in [6, 6.07) is 7.79. The Morgan fingerprint density at radius 2 is 1.84 bits per heavy atom. The lowest BCUT2D eigenvalue weighted by molar-refractivity contribution is 0.0867. The fourth-order valence-corrected chi connectivity index (χ4v) is 2.48. The van der Waals surface area contributed by atoms with Crippen LogP contribution in [-0.4, -0.2) is 29.7 Å². The van der Waals surface area contributed by atoms with Crippen molar-refractivity contribution in [2.24, 2.45) is 5.73 Å². The molecule has 1 aromatic carbocycles. The number of carbonyl (C=O) groups excluding carboxylic acids is 1. The van der Waals surface area contributed by atoms with Crippen molar-refractivity contribution in [1.82, 2.24) is 5.32 Å². The van der Waals surface area contributed by atoms with Gasteiger partial charge in [-0.15, -0.1) is 0 Å². The first-order chi connectivity index (χ1) is 9.19. The van der Waals surface area contributed by atoms with Crippen molar-refractivity contribution in [3.63, 3.8) is 0 Å². The van der Waals surface area contributed by atoms with Gasteiger partial charge in [-0.25, -0.2) is 0 Å². The van der Waals surface area contributed by atoms with Crippen LogP contribution in [0.25, 0.3) is 0 Å². The van der Waals surface area contributed by atoms with Crippen LogP contribution in [0.2, 0.25) is 0 Å². The summed E-state index contributed by atoms with van der Waals surface area (Å²) < 4.78 is 0. The summed E-state index contributed by atoms with van der Waals surface area (Å²) >= 11 is 0. The molecule has 0 aromatic heterocycles.